The van der Waals surface area contributed by atoms with Gasteiger partial charge in [-0.3, -0.25) is 9.52 Å². The highest BCUT2D eigenvalue weighted by atomic mass is 35.5. The maximum absolute atomic E-state index is 12.8. The third kappa shape index (κ3) is 3.08. The molecule has 2 aromatic rings. The predicted molar refractivity (Wildman–Crippen MR) is 102 cm³/mol. The molecule has 0 spiro atoms. The molecule has 136 valence electrons. The summed E-state index contributed by atoms with van der Waals surface area (Å²) in [5.74, 6) is 0.282. The largest absolute Gasteiger partial charge is 0.312 e. The highest BCUT2D eigenvalue weighted by Gasteiger charge is 2.36. The Kier molecular flexibility index (Phi) is 4.20. The number of amides is 1. The van der Waals surface area contributed by atoms with Gasteiger partial charge in [-0.25, -0.2) is 8.42 Å². The molecular weight excluding hydrogens is 372 g/mol. The molecule has 0 unspecified atom stereocenters. The maximum atomic E-state index is 12.8. The van der Waals surface area contributed by atoms with Gasteiger partial charge in [0.15, 0.2) is 0 Å². The van der Waals surface area contributed by atoms with Crippen LogP contribution in [-0.4, -0.2) is 20.9 Å². The molecule has 2 aliphatic rings. The Morgan fingerprint density at radius 3 is 2.73 bits per heavy atom. The van der Waals surface area contributed by atoms with Crippen LogP contribution in [0.25, 0.3) is 0 Å². The molecule has 1 saturated carbocycles. The summed E-state index contributed by atoms with van der Waals surface area (Å²) in [6, 6.07) is 10.2. The van der Waals surface area contributed by atoms with Crippen molar-refractivity contribution >= 4 is 38.9 Å². The zero-order valence-corrected chi connectivity index (χ0v) is 15.9. The summed E-state index contributed by atoms with van der Waals surface area (Å²) in [6.07, 6.45) is 2.70. The zero-order chi connectivity index (χ0) is 18.5. The van der Waals surface area contributed by atoms with Crippen LogP contribution in [0.3, 0.4) is 0 Å². The standard InChI is InChI=1S/C19H19ClN2O3S/c1-12-16(20)3-2-4-18(12)26(24,25)21-15-8-7-13-9-10-22(17(13)11-15)19(23)14-5-6-14/h2-4,7-8,11,14,21H,5-6,9-10H2,1H3. The Hall–Kier alpha value is -2.05. The average molecular weight is 391 g/mol. The molecule has 26 heavy (non-hydrogen) atoms. The van der Waals surface area contributed by atoms with Gasteiger partial charge in [0.2, 0.25) is 5.91 Å². The number of halogens is 1. The number of benzene rings is 2. The molecule has 1 fully saturated rings. The quantitative estimate of drug-likeness (QED) is 0.864. The summed E-state index contributed by atoms with van der Waals surface area (Å²) in [7, 11) is -3.76. The van der Waals surface area contributed by atoms with Gasteiger partial charge in [-0.15, -0.1) is 0 Å². The molecule has 0 saturated heterocycles. The average Bonchev–Trinajstić information content (AvgIpc) is 3.36. The van der Waals surface area contributed by atoms with Crippen LogP contribution in [0.15, 0.2) is 41.3 Å². The summed E-state index contributed by atoms with van der Waals surface area (Å²) >= 11 is 6.05. The normalized spacial score (nSPS) is 16.5. The second-order valence-electron chi connectivity index (χ2n) is 6.83. The fourth-order valence-corrected chi connectivity index (χ4v) is 4.86. The summed E-state index contributed by atoms with van der Waals surface area (Å²) in [5.41, 5.74) is 2.83. The lowest BCUT2D eigenvalue weighted by atomic mass is 10.1. The van der Waals surface area contributed by atoms with Gasteiger partial charge in [0.25, 0.3) is 10.0 Å². The van der Waals surface area contributed by atoms with Crippen molar-refractivity contribution in [1.82, 2.24) is 0 Å². The van der Waals surface area contributed by atoms with Gasteiger partial charge < -0.3 is 4.90 Å². The molecule has 1 heterocycles. The second-order valence-corrected chi connectivity index (χ2v) is 8.88. The number of rotatable bonds is 4. The Bertz CT molecular complexity index is 1000. The van der Waals surface area contributed by atoms with Gasteiger partial charge in [0.1, 0.15) is 0 Å². The van der Waals surface area contributed by atoms with Crippen LogP contribution in [0.2, 0.25) is 5.02 Å². The van der Waals surface area contributed by atoms with Gasteiger partial charge in [0, 0.05) is 23.2 Å². The number of nitrogens with one attached hydrogen (secondary N) is 1. The third-order valence-corrected chi connectivity index (χ3v) is 6.87. The second kappa shape index (κ2) is 6.28. The lowest BCUT2D eigenvalue weighted by Crippen LogP contribution is -2.30. The van der Waals surface area contributed by atoms with E-state index in [9.17, 15) is 13.2 Å². The number of hydrogen-bond acceptors (Lipinski definition) is 3. The lowest BCUT2D eigenvalue weighted by Gasteiger charge is -2.18. The van der Waals surface area contributed by atoms with Crippen LogP contribution in [0.5, 0.6) is 0 Å². The number of sulfonamides is 1. The number of carbonyl (C=O) groups is 1. The van der Waals surface area contributed by atoms with Crippen LogP contribution in [0, 0.1) is 12.8 Å². The van der Waals surface area contributed by atoms with Gasteiger partial charge in [0.05, 0.1) is 10.6 Å². The van der Waals surface area contributed by atoms with E-state index in [-0.39, 0.29) is 16.7 Å². The molecule has 0 aromatic heterocycles. The van der Waals surface area contributed by atoms with E-state index in [1.807, 2.05) is 6.07 Å². The van der Waals surface area contributed by atoms with Crippen molar-refractivity contribution in [2.24, 2.45) is 5.92 Å². The first-order valence-electron chi connectivity index (χ1n) is 8.59. The molecule has 0 bridgehead atoms. The minimum atomic E-state index is -3.76. The van der Waals surface area contributed by atoms with Crippen molar-refractivity contribution in [3.05, 3.63) is 52.5 Å². The number of anilines is 2. The van der Waals surface area contributed by atoms with Crippen molar-refractivity contribution in [2.75, 3.05) is 16.2 Å². The van der Waals surface area contributed by atoms with Crippen LogP contribution in [0.4, 0.5) is 11.4 Å². The van der Waals surface area contributed by atoms with Crippen LogP contribution >= 0.6 is 11.6 Å². The number of carbonyl (C=O) groups excluding carboxylic acids is 1. The SMILES string of the molecule is Cc1c(Cl)cccc1S(=O)(=O)Nc1ccc2c(c1)N(C(=O)C1CC1)CC2. The molecule has 1 N–H and O–H groups in total. The zero-order valence-electron chi connectivity index (χ0n) is 14.3. The Labute approximate surface area is 158 Å². The van der Waals surface area contributed by atoms with E-state index in [1.165, 1.54) is 6.07 Å². The lowest BCUT2D eigenvalue weighted by molar-refractivity contribution is -0.119. The highest BCUT2D eigenvalue weighted by Crippen LogP contribution is 2.38. The number of nitrogens with zero attached hydrogens (tertiary/aromatic N) is 1. The van der Waals surface area contributed by atoms with E-state index in [0.29, 0.717) is 22.8 Å². The highest BCUT2D eigenvalue weighted by molar-refractivity contribution is 7.92. The van der Waals surface area contributed by atoms with Gasteiger partial charge in [-0.05, 0) is 61.6 Å². The topological polar surface area (TPSA) is 66.5 Å². The number of hydrogen-bond donors (Lipinski definition) is 1. The molecule has 0 atom stereocenters. The monoisotopic (exact) mass is 390 g/mol. The van der Waals surface area contributed by atoms with Gasteiger partial charge in [-0.1, -0.05) is 23.7 Å². The van der Waals surface area contributed by atoms with Crippen molar-refractivity contribution in [3.8, 4) is 0 Å². The van der Waals surface area contributed by atoms with E-state index in [2.05, 4.69) is 4.72 Å². The predicted octanol–water partition coefficient (Wildman–Crippen LogP) is 3.75. The molecular formula is C19H19ClN2O3S. The van der Waals surface area contributed by atoms with Crippen LogP contribution in [0.1, 0.15) is 24.0 Å². The van der Waals surface area contributed by atoms with E-state index < -0.39 is 10.0 Å². The molecule has 1 aliphatic heterocycles. The Morgan fingerprint density at radius 1 is 1.23 bits per heavy atom. The fraction of sp³-hybridized carbons (Fsp3) is 0.316. The van der Waals surface area contributed by atoms with E-state index >= 15 is 0 Å². The molecule has 1 amide bonds. The molecule has 4 rings (SSSR count). The fourth-order valence-electron chi connectivity index (χ4n) is 3.31. The summed E-state index contributed by atoms with van der Waals surface area (Å²) in [4.78, 5) is 14.4. The molecule has 7 heteroatoms. The van der Waals surface area contributed by atoms with Gasteiger partial charge in [-0.2, -0.15) is 0 Å². The first-order chi connectivity index (χ1) is 12.4. The van der Waals surface area contributed by atoms with E-state index in [1.54, 1.807) is 36.1 Å². The van der Waals surface area contributed by atoms with Crippen LogP contribution < -0.4 is 9.62 Å². The van der Waals surface area contributed by atoms with Crippen LogP contribution in [-0.2, 0) is 21.2 Å². The molecule has 1 aliphatic carbocycles. The van der Waals surface area contributed by atoms with E-state index in [0.717, 1.165) is 30.5 Å². The first kappa shape index (κ1) is 17.4. The minimum Gasteiger partial charge on any atom is -0.312 e. The van der Waals surface area contributed by atoms with Crippen molar-refractivity contribution in [2.45, 2.75) is 31.1 Å². The third-order valence-electron chi connectivity index (χ3n) is 4.93. The minimum absolute atomic E-state index is 0.135. The number of fused-ring (bicyclic) bond motifs is 1. The van der Waals surface area contributed by atoms with Crippen molar-refractivity contribution in [3.63, 3.8) is 0 Å². The maximum Gasteiger partial charge on any atom is 0.262 e. The van der Waals surface area contributed by atoms with Crippen molar-refractivity contribution < 1.29 is 13.2 Å². The Morgan fingerprint density at radius 2 is 2.00 bits per heavy atom. The summed E-state index contributed by atoms with van der Waals surface area (Å²) in [5, 5.41) is 0.406. The molecule has 0 radical (unpaired) electrons. The molecule has 2 aromatic carbocycles. The first-order valence-corrected chi connectivity index (χ1v) is 10.5. The van der Waals surface area contributed by atoms with Crippen molar-refractivity contribution in [1.29, 1.82) is 0 Å². The Balaban J connectivity index is 1.64. The molecule has 5 nitrogen and oxygen atoms in total. The summed E-state index contributed by atoms with van der Waals surface area (Å²) < 4.78 is 28.1. The summed E-state index contributed by atoms with van der Waals surface area (Å²) in [6.45, 7) is 2.34. The van der Waals surface area contributed by atoms with Gasteiger partial charge >= 0.3 is 0 Å². The van der Waals surface area contributed by atoms with E-state index in [4.69, 9.17) is 11.6 Å². The smallest absolute Gasteiger partial charge is 0.262 e.